The Kier molecular flexibility index (Phi) is 7.22. The molecule has 0 saturated heterocycles. The van der Waals surface area contributed by atoms with Crippen molar-refractivity contribution in [3.63, 3.8) is 0 Å². The molecule has 0 bridgehead atoms. The Hall–Kier alpha value is -0.820. The summed E-state index contributed by atoms with van der Waals surface area (Å²) in [5.41, 5.74) is 2.70. The molecule has 6 heteroatoms. The lowest BCUT2D eigenvalue weighted by molar-refractivity contribution is 0.103. The van der Waals surface area contributed by atoms with Gasteiger partial charge in [-0.25, -0.2) is 0 Å². The van der Waals surface area contributed by atoms with Gasteiger partial charge in [-0.05, 0) is 111 Å². The number of halogens is 4. The first-order valence-corrected chi connectivity index (χ1v) is 11.0. The zero-order valence-corrected chi connectivity index (χ0v) is 21.1. The second-order valence-electron chi connectivity index (χ2n) is 6.39. The van der Waals surface area contributed by atoms with Crippen molar-refractivity contribution in [2.24, 2.45) is 0 Å². The van der Waals surface area contributed by atoms with Gasteiger partial charge in [0, 0.05) is 23.3 Å². The van der Waals surface area contributed by atoms with Gasteiger partial charge in [-0.1, -0.05) is 27.0 Å². The Balaban J connectivity index is 2.63. The predicted octanol–water partition coefficient (Wildman–Crippen LogP) is 7.80. The maximum atomic E-state index is 12.1. The van der Waals surface area contributed by atoms with Crippen LogP contribution in [0.2, 0.25) is 0 Å². The van der Waals surface area contributed by atoms with Crippen molar-refractivity contribution in [1.82, 2.24) is 0 Å². The number of carbonyl (C=O) groups excluding carboxylic acids is 2. The SMILES string of the molecule is C=CC(=O)c1c(Br)cc(C(C)(C)c2cc(Br)c(C(=O)C=C)c(Br)c2)cc1Br. The van der Waals surface area contributed by atoms with Crippen LogP contribution in [0.4, 0.5) is 0 Å². The molecule has 2 nitrogen and oxygen atoms in total. The van der Waals surface area contributed by atoms with Gasteiger partial charge in [0.15, 0.2) is 11.6 Å². The minimum absolute atomic E-state index is 0.157. The average Bonchev–Trinajstić information content (AvgIpc) is 2.59. The van der Waals surface area contributed by atoms with Crippen molar-refractivity contribution in [1.29, 1.82) is 0 Å². The summed E-state index contributed by atoms with van der Waals surface area (Å²) >= 11 is 14.0. The fourth-order valence-electron chi connectivity index (χ4n) is 2.71. The van der Waals surface area contributed by atoms with Crippen LogP contribution in [-0.4, -0.2) is 11.6 Å². The van der Waals surface area contributed by atoms with Crippen LogP contribution in [0.25, 0.3) is 0 Å². The number of allylic oxidation sites excluding steroid dienone is 2. The van der Waals surface area contributed by atoms with Crippen LogP contribution in [0.1, 0.15) is 45.7 Å². The molecule has 0 spiro atoms. The molecular formula is C21H16Br4O2. The smallest absolute Gasteiger partial charge is 0.187 e. The number of rotatable bonds is 6. The van der Waals surface area contributed by atoms with E-state index in [1.54, 1.807) is 0 Å². The van der Waals surface area contributed by atoms with Crippen molar-refractivity contribution >= 4 is 75.3 Å². The molecule has 0 aromatic heterocycles. The van der Waals surface area contributed by atoms with E-state index in [1.807, 2.05) is 24.3 Å². The molecule has 27 heavy (non-hydrogen) atoms. The molecule has 0 fully saturated rings. The number of ketones is 2. The van der Waals surface area contributed by atoms with Gasteiger partial charge in [-0.15, -0.1) is 0 Å². The Morgan fingerprint density at radius 1 is 0.741 bits per heavy atom. The molecule has 0 aliphatic carbocycles. The van der Waals surface area contributed by atoms with E-state index in [0.29, 0.717) is 29.0 Å². The number of carbonyl (C=O) groups is 2. The molecule has 0 aliphatic heterocycles. The van der Waals surface area contributed by atoms with Crippen LogP contribution in [-0.2, 0) is 5.41 Å². The second-order valence-corrected chi connectivity index (χ2v) is 9.81. The minimum Gasteiger partial charge on any atom is -0.289 e. The van der Waals surface area contributed by atoms with E-state index in [4.69, 9.17) is 0 Å². The van der Waals surface area contributed by atoms with Crippen LogP contribution in [0.15, 0.2) is 67.5 Å². The molecule has 0 unspecified atom stereocenters. The van der Waals surface area contributed by atoms with E-state index in [-0.39, 0.29) is 17.0 Å². The largest absolute Gasteiger partial charge is 0.289 e. The van der Waals surface area contributed by atoms with Crippen molar-refractivity contribution < 1.29 is 9.59 Å². The third-order valence-electron chi connectivity index (χ3n) is 4.39. The molecule has 0 N–H and O–H groups in total. The third kappa shape index (κ3) is 4.44. The lowest BCUT2D eigenvalue weighted by Crippen LogP contribution is -2.20. The van der Waals surface area contributed by atoms with E-state index in [2.05, 4.69) is 90.7 Å². The summed E-state index contributed by atoms with van der Waals surface area (Å²) < 4.78 is 2.78. The van der Waals surface area contributed by atoms with Gasteiger partial charge in [0.25, 0.3) is 0 Å². The number of benzene rings is 2. The molecule has 0 atom stereocenters. The summed E-state index contributed by atoms with van der Waals surface area (Å²) in [5.74, 6) is -0.313. The summed E-state index contributed by atoms with van der Waals surface area (Å²) in [6.07, 6.45) is 2.58. The van der Waals surface area contributed by atoms with E-state index in [1.165, 1.54) is 12.2 Å². The summed E-state index contributed by atoms with van der Waals surface area (Å²) in [5, 5.41) is 0. The van der Waals surface area contributed by atoms with Crippen LogP contribution in [0.3, 0.4) is 0 Å². The van der Waals surface area contributed by atoms with Crippen LogP contribution in [0.5, 0.6) is 0 Å². The van der Waals surface area contributed by atoms with Gasteiger partial charge in [0.2, 0.25) is 0 Å². The Bertz CT molecular complexity index is 851. The Morgan fingerprint density at radius 3 is 1.22 bits per heavy atom. The Morgan fingerprint density at radius 2 is 1.00 bits per heavy atom. The molecule has 2 rings (SSSR count). The van der Waals surface area contributed by atoms with Crippen molar-refractivity contribution in [2.75, 3.05) is 0 Å². The quantitative estimate of drug-likeness (QED) is 0.244. The maximum absolute atomic E-state index is 12.1. The molecule has 2 aromatic carbocycles. The highest BCUT2D eigenvalue weighted by Crippen LogP contribution is 2.40. The van der Waals surface area contributed by atoms with Crippen molar-refractivity contribution in [3.8, 4) is 0 Å². The van der Waals surface area contributed by atoms with Gasteiger partial charge in [0.1, 0.15) is 0 Å². The van der Waals surface area contributed by atoms with Gasteiger partial charge in [-0.2, -0.15) is 0 Å². The molecule has 0 heterocycles. The third-order valence-corrected chi connectivity index (χ3v) is 6.89. The van der Waals surface area contributed by atoms with Gasteiger partial charge in [0.05, 0.1) is 11.1 Å². The summed E-state index contributed by atoms with van der Waals surface area (Å²) in [7, 11) is 0. The monoisotopic (exact) mass is 616 g/mol. The first-order valence-electron chi connectivity index (χ1n) is 7.87. The predicted molar refractivity (Wildman–Crippen MR) is 125 cm³/mol. The van der Waals surface area contributed by atoms with Gasteiger partial charge in [-0.3, -0.25) is 9.59 Å². The standard InChI is InChI=1S/C21H16Br4O2/c1-5-17(26)19-13(22)7-11(8-14(19)23)21(3,4)12-9-15(24)20(16(25)10-12)18(27)6-2/h5-10H,1-2H2,3-4H3. The van der Waals surface area contributed by atoms with Crippen molar-refractivity contribution in [2.45, 2.75) is 19.3 Å². The first-order chi connectivity index (χ1) is 12.5. The minimum atomic E-state index is -0.387. The number of hydrogen-bond donors (Lipinski definition) is 0. The van der Waals surface area contributed by atoms with Crippen LogP contribution < -0.4 is 0 Å². The fourth-order valence-corrected chi connectivity index (χ4v) is 5.86. The lowest BCUT2D eigenvalue weighted by atomic mass is 9.77. The van der Waals surface area contributed by atoms with Crippen LogP contribution >= 0.6 is 63.7 Å². The highest BCUT2D eigenvalue weighted by atomic mass is 79.9. The topological polar surface area (TPSA) is 34.1 Å². The molecule has 140 valence electrons. The van der Waals surface area contributed by atoms with Gasteiger partial charge < -0.3 is 0 Å². The summed E-state index contributed by atoms with van der Waals surface area (Å²) in [6, 6.07) is 7.75. The molecule has 0 aliphatic rings. The highest BCUT2D eigenvalue weighted by Gasteiger charge is 2.28. The molecule has 0 saturated carbocycles. The molecular weight excluding hydrogens is 604 g/mol. The molecule has 2 aromatic rings. The molecule has 0 amide bonds. The number of hydrogen-bond acceptors (Lipinski definition) is 2. The highest BCUT2D eigenvalue weighted by molar-refractivity contribution is 9.11. The van der Waals surface area contributed by atoms with Crippen LogP contribution in [0, 0.1) is 0 Å². The Labute approximate surface area is 192 Å². The van der Waals surface area contributed by atoms with E-state index in [0.717, 1.165) is 11.1 Å². The molecule has 0 radical (unpaired) electrons. The maximum Gasteiger partial charge on any atom is 0.187 e. The van der Waals surface area contributed by atoms with E-state index < -0.39 is 0 Å². The normalized spacial score (nSPS) is 11.2. The zero-order chi connectivity index (χ0) is 20.5. The van der Waals surface area contributed by atoms with Crippen molar-refractivity contribution in [3.05, 3.63) is 89.7 Å². The zero-order valence-electron chi connectivity index (χ0n) is 14.7. The lowest BCUT2D eigenvalue weighted by Gasteiger charge is -2.28. The summed E-state index contributed by atoms with van der Waals surface area (Å²) in [4.78, 5) is 24.1. The van der Waals surface area contributed by atoms with E-state index in [9.17, 15) is 9.59 Å². The van der Waals surface area contributed by atoms with E-state index >= 15 is 0 Å². The van der Waals surface area contributed by atoms with Gasteiger partial charge >= 0.3 is 0 Å². The average molecular weight is 620 g/mol. The fraction of sp³-hybridized carbons (Fsp3) is 0.143. The second kappa shape index (κ2) is 8.68. The first kappa shape index (κ1) is 22.5. The summed E-state index contributed by atoms with van der Waals surface area (Å²) in [6.45, 7) is 11.3.